The van der Waals surface area contributed by atoms with Crippen LogP contribution in [-0.4, -0.2) is 44.3 Å². The van der Waals surface area contributed by atoms with E-state index in [1.807, 2.05) is 30.5 Å². The minimum absolute atomic E-state index is 0.0969. The van der Waals surface area contributed by atoms with Crippen LogP contribution in [0.1, 0.15) is 32.1 Å². The minimum Gasteiger partial charge on any atom is -0.411 e. The van der Waals surface area contributed by atoms with E-state index < -0.39 is 5.54 Å². The summed E-state index contributed by atoms with van der Waals surface area (Å²) in [5, 5.41) is 19.2. The molecule has 8 heteroatoms. The highest BCUT2D eigenvalue weighted by Crippen LogP contribution is 2.33. The number of thioether (sulfide) groups is 1. The lowest BCUT2D eigenvalue weighted by atomic mass is 9.81. The summed E-state index contributed by atoms with van der Waals surface area (Å²) in [5.74, 6) is 0.483. The quantitative estimate of drug-likeness (QED) is 0.656. The number of nitrogens with zero attached hydrogens (tertiary/aromatic N) is 4. The van der Waals surface area contributed by atoms with Crippen LogP contribution in [0.5, 0.6) is 0 Å². The summed E-state index contributed by atoms with van der Waals surface area (Å²) < 4.78 is 5.75. The Balaban J connectivity index is 1.43. The number of hydrogen-bond acceptors (Lipinski definition) is 6. The van der Waals surface area contributed by atoms with Crippen LogP contribution in [0.15, 0.2) is 40.1 Å². The van der Waals surface area contributed by atoms with Crippen molar-refractivity contribution in [3.05, 3.63) is 30.5 Å². The van der Waals surface area contributed by atoms with E-state index in [-0.39, 0.29) is 11.7 Å². The summed E-state index contributed by atoms with van der Waals surface area (Å²) in [4.78, 5) is 17.4. The van der Waals surface area contributed by atoms with E-state index in [1.54, 1.807) is 11.9 Å². The molecule has 0 unspecified atom stereocenters. The lowest BCUT2D eigenvalue weighted by molar-refractivity contribution is -0.131. The Hall–Kier alpha value is -2.79. The first-order valence-electron chi connectivity index (χ1n) is 9.34. The molecule has 2 aromatic heterocycles. The van der Waals surface area contributed by atoms with Crippen molar-refractivity contribution in [3.8, 4) is 17.5 Å². The topological polar surface area (TPSA) is 98.8 Å². The van der Waals surface area contributed by atoms with Crippen LogP contribution in [0, 0.1) is 11.3 Å². The maximum absolute atomic E-state index is 12.6. The summed E-state index contributed by atoms with van der Waals surface area (Å²) >= 11 is 1.20. The van der Waals surface area contributed by atoms with Crippen LogP contribution < -0.4 is 0 Å². The summed E-state index contributed by atoms with van der Waals surface area (Å²) in [6.07, 6.45) is 6.40. The van der Waals surface area contributed by atoms with Gasteiger partial charge < -0.3 is 14.3 Å². The molecule has 1 aliphatic carbocycles. The molecule has 2 heterocycles. The number of carbonyl (C=O) groups excluding carboxylic acids is 1. The van der Waals surface area contributed by atoms with Gasteiger partial charge in [-0.15, -0.1) is 10.2 Å². The molecule has 0 saturated heterocycles. The van der Waals surface area contributed by atoms with Crippen molar-refractivity contribution in [2.45, 2.75) is 42.9 Å². The molecule has 0 spiro atoms. The second kappa shape index (κ2) is 7.68. The fourth-order valence-electron chi connectivity index (χ4n) is 3.74. The third kappa shape index (κ3) is 3.38. The Morgan fingerprint density at radius 2 is 2.11 bits per heavy atom. The first kappa shape index (κ1) is 18.6. The number of fused-ring (bicyclic) bond motifs is 1. The average Bonchev–Trinajstić information content (AvgIpc) is 3.38. The van der Waals surface area contributed by atoms with Gasteiger partial charge in [0.05, 0.1) is 17.4 Å². The lowest BCUT2D eigenvalue weighted by Crippen LogP contribution is -2.50. The van der Waals surface area contributed by atoms with E-state index in [2.05, 4.69) is 21.3 Å². The van der Waals surface area contributed by atoms with Gasteiger partial charge in [-0.25, -0.2) is 0 Å². The van der Waals surface area contributed by atoms with Crippen molar-refractivity contribution in [3.63, 3.8) is 0 Å². The van der Waals surface area contributed by atoms with Crippen LogP contribution in [0.2, 0.25) is 0 Å². The number of carbonyl (C=O) groups is 1. The lowest BCUT2D eigenvalue weighted by Gasteiger charge is -2.38. The van der Waals surface area contributed by atoms with E-state index in [0.717, 1.165) is 48.6 Å². The van der Waals surface area contributed by atoms with Crippen LogP contribution in [0.4, 0.5) is 0 Å². The molecule has 7 nitrogen and oxygen atoms in total. The summed E-state index contributed by atoms with van der Waals surface area (Å²) in [6.45, 7) is 0. The molecule has 1 fully saturated rings. The Morgan fingerprint density at radius 1 is 1.32 bits per heavy atom. The fraction of sp³-hybridized carbons (Fsp3) is 0.400. The van der Waals surface area contributed by atoms with Crippen molar-refractivity contribution in [1.29, 1.82) is 5.26 Å². The molecular formula is C20H21N5O2S. The van der Waals surface area contributed by atoms with E-state index in [9.17, 15) is 10.1 Å². The highest BCUT2D eigenvalue weighted by Gasteiger charge is 2.38. The molecule has 1 aliphatic rings. The van der Waals surface area contributed by atoms with E-state index in [1.165, 1.54) is 11.8 Å². The predicted molar refractivity (Wildman–Crippen MR) is 107 cm³/mol. The molecule has 28 heavy (non-hydrogen) atoms. The molecule has 3 aromatic rings. The third-order valence-electron chi connectivity index (χ3n) is 5.45. The molecule has 0 bridgehead atoms. The number of nitrogens with one attached hydrogen (secondary N) is 1. The number of rotatable bonds is 5. The van der Waals surface area contributed by atoms with Gasteiger partial charge in [-0.1, -0.05) is 49.2 Å². The van der Waals surface area contributed by atoms with Crippen LogP contribution >= 0.6 is 11.8 Å². The zero-order valence-electron chi connectivity index (χ0n) is 15.6. The minimum atomic E-state index is -0.681. The standard InChI is InChI=1S/C20H21N5O2S/c1-25(20(13-21)9-5-2-6-10-20)17(26)12-28-19-24-23-18(27-19)15-11-22-16-8-4-3-7-14(15)16/h3-4,7-8,11,22H,2,5-6,9-10,12H2,1H3. The third-order valence-corrected chi connectivity index (χ3v) is 6.25. The normalized spacial score (nSPS) is 16.0. The summed E-state index contributed by atoms with van der Waals surface area (Å²) in [5.41, 5.74) is 1.15. The zero-order valence-corrected chi connectivity index (χ0v) is 16.5. The number of aromatic nitrogens is 3. The van der Waals surface area contributed by atoms with Gasteiger partial charge in [0.1, 0.15) is 5.54 Å². The number of nitriles is 1. The van der Waals surface area contributed by atoms with Gasteiger partial charge in [-0.3, -0.25) is 4.79 Å². The molecule has 1 aromatic carbocycles. The van der Waals surface area contributed by atoms with Crippen molar-refractivity contribution in [2.75, 3.05) is 12.8 Å². The fourth-order valence-corrected chi connectivity index (χ4v) is 4.42. The molecule has 0 radical (unpaired) electrons. The first-order valence-corrected chi connectivity index (χ1v) is 10.3. The number of H-pyrrole nitrogens is 1. The Kier molecular flexibility index (Phi) is 5.09. The van der Waals surface area contributed by atoms with Crippen molar-refractivity contribution in [1.82, 2.24) is 20.1 Å². The Morgan fingerprint density at radius 3 is 2.89 bits per heavy atom. The number of amides is 1. The Labute approximate surface area is 167 Å². The van der Waals surface area contributed by atoms with Gasteiger partial charge in [-0.05, 0) is 18.9 Å². The van der Waals surface area contributed by atoms with Crippen molar-refractivity contribution < 1.29 is 9.21 Å². The number of aromatic amines is 1. The molecule has 1 saturated carbocycles. The van der Waals surface area contributed by atoms with Gasteiger partial charge in [0.2, 0.25) is 5.91 Å². The predicted octanol–water partition coefficient (Wildman–Crippen LogP) is 3.99. The SMILES string of the molecule is CN(C(=O)CSc1nnc(-c2c[nH]c3ccccc23)o1)C1(C#N)CCCCC1. The van der Waals surface area contributed by atoms with Gasteiger partial charge in [0, 0.05) is 24.1 Å². The number of benzene rings is 1. The highest BCUT2D eigenvalue weighted by atomic mass is 32.2. The molecule has 144 valence electrons. The summed E-state index contributed by atoms with van der Waals surface area (Å²) in [7, 11) is 1.72. The van der Waals surface area contributed by atoms with Crippen molar-refractivity contribution >= 4 is 28.6 Å². The molecule has 0 aliphatic heterocycles. The van der Waals surface area contributed by atoms with Gasteiger partial charge >= 0.3 is 0 Å². The summed E-state index contributed by atoms with van der Waals surface area (Å²) in [6, 6.07) is 10.3. The van der Waals surface area contributed by atoms with Crippen LogP contribution in [0.25, 0.3) is 22.4 Å². The maximum Gasteiger partial charge on any atom is 0.277 e. The van der Waals surface area contributed by atoms with E-state index in [0.29, 0.717) is 11.1 Å². The van der Waals surface area contributed by atoms with Gasteiger partial charge in [0.15, 0.2) is 0 Å². The van der Waals surface area contributed by atoms with Crippen molar-refractivity contribution in [2.24, 2.45) is 0 Å². The number of hydrogen-bond donors (Lipinski definition) is 1. The monoisotopic (exact) mass is 395 g/mol. The second-order valence-electron chi connectivity index (χ2n) is 7.07. The molecule has 1 amide bonds. The maximum atomic E-state index is 12.6. The molecular weight excluding hydrogens is 374 g/mol. The smallest absolute Gasteiger partial charge is 0.277 e. The van der Waals surface area contributed by atoms with Crippen LogP contribution in [-0.2, 0) is 4.79 Å². The van der Waals surface area contributed by atoms with E-state index in [4.69, 9.17) is 4.42 Å². The Bertz CT molecular complexity index is 1030. The molecule has 4 rings (SSSR count). The average molecular weight is 395 g/mol. The zero-order chi connectivity index (χ0) is 19.6. The van der Waals surface area contributed by atoms with Gasteiger partial charge in [0.25, 0.3) is 11.1 Å². The highest BCUT2D eigenvalue weighted by molar-refractivity contribution is 7.99. The first-order chi connectivity index (χ1) is 13.6. The molecule has 1 N–H and O–H groups in total. The second-order valence-corrected chi connectivity index (χ2v) is 7.99. The van der Waals surface area contributed by atoms with Gasteiger partial charge in [-0.2, -0.15) is 5.26 Å². The number of para-hydroxylation sites is 1. The molecule has 0 atom stereocenters. The van der Waals surface area contributed by atoms with Crippen LogP contribution in [0.3, 0.4) is 0 Å². The van der Waals surface area contributed by atoms with E-state index >= 15 is 0 Å². The largest absolute Gasteiger partial charge is 0.411 e.